The molecule has 0 saturated heterocycles. The van der Waals surface area contributed by atoms with Crippen LogP contribution in [0, 0.1) is 0 Å². The van der Waals surface area contributed by atoms with Crippen molar-refractivity contribution in [3.63, 3.8) is 0 Å². The summed E-state index contributed by atoms with van der Waals surface area (Å²) in [6.07, 6.45) is 1.62. The van der Waals surface area contributed by atoms with Gasteiger partial charge in [0.25, 0.3) is 5.91 Å². The van der Waals surface area contributed by atoms with Crippen molar-refractivity contribution in [3.8, 4) is 11.8 Å². The standard InChI is InChI=1S/C19H19N5O3/c1-26-19-20-8-7-14(21-19)12-23-9-10-24-17(18(23)25)11-15(22-24)13-27-16-5-3-2-4-6-16/h2-8,11H,9-10,12-13H2,1H3. The number of benzene rings is 1. The number of rotatable bonds is 6. The molecular formula is C19H19N5O3. The van der Waals surface area contributed by atoms with Crippen LogP contribution in [0.25, 0.3) is 0 Å². The molecule has 0 saturated carbocycles. The number of para-hydroxylation sites is 1. The molecule has 3 heterocycles. The zero-order chi connectivity index (χ0) is 18.6. The van der Waals surface area contributed by atoms with Crippen LogP contribution in [0.3, 0.4) is 0 Å². The van der Waals surface area contributed by atoms with Gasteiger partial charge in [-0.1, -0.05) is 18.2 Å². The summed E-state index contributed by atoms with van der Waals surface area (Å²) in [5.74, 6) is 0.700. The Kier molecular flexibility index (Phi) is 4.69. The first-order valence-electron chi connectivity index (χ1n) is 8.62. The average molecular weight is 365 g/mol. The summed E-state index contributed by atoms with van der Waals surface area (Å²) in [6.45, 7) is 1.92. The van der Waals surface area contributed by atoms with E-state index in [0.29, 0.717) is 37.9 Å². The van der Waals surface area contributed by atoms with Crippen molar-refractivity contribution in [2.24, 2.45) is 0 Å². The van der Waals surface area contributed by atoms with Gasteiger partial charge in [0.2, 0.25) is 0 Å². The summed E-state index contributed by atoms with van der Waals surface area (Å²) in [5.41, 5.74) is 2.03. The Balaban J connectivity index is 1.45. The van der Waals surface area contributed by atoms with E-state index in [1.54, 1.807) is 27.9 Å². The molecule has 1 aliphatic heterocycles. The third-order valence-electron chi connectivity index (χ3n) is 4.28. The molecule has 0 unspecified atom stereocenters. The first-order valence-corrected chi connectivity index (χ1v) is 8.62. The molecule has 1 amide bonds. The van der Waals surface area contributed by atoms with Crippen LogP contribution in [0.5, 0.6) is 11.8 Å². The smallest absolute Gasteiger partial charge is 0.316 e. The van der Waals surface area contributed by atoms with E-state index in [4.69, 9.17) is 9.47 Å². The van der Waals surface area contributed by atoms with Crippen molar-refractivity contribution in [1.82, 2.24) is 24.6 Å². The predicted octanol–water partition coefficient (Wildman–Crippen LogP) is 1.92. The Morgan fingerprint density at radius 2 is 1.96 bits per heavy atom. The van der Waals surface area contributed by atoms with Gasteiger partial charge in [-0.25, -0.2) is 4.98 Å². The third kappa shape index (κ3) is 3.74. The SMILES string of the molecule is COc1nccc(CN2CCn3nc(COc4ccccc4)cc3C2=O)n1. The highest BCUT2D eigenvalue weighted by Gasteiger charge is 2.27. The van der Waals surface area contributed by atoms with E-state index >= 15 is 0 Å². The first-order chi connectivity index (χ1) is 13.2. The highest BCUT2D eigenvalue weighted by Crippen LogP contribution is 2.18. The van der Waals surface area contributed by atoms with Crippen LogP contribution in [0.2, 0.25) is 0 Å². The molecule has 2 aromatic heterocycles. The van der Waals surface area contributed by atoms with Crippen molar-refractivity contribution >= 4 is 5.91 Å². The molecule has 3 aromatic rings. The van der Waals surface area contributed by atoms with Gasteiger partial charge in [0.15, 0.2) is 0 Å². The summed E-state index contributed by atoms with van der Waals surface area (Å²) in [6, 6.07) is 13.4. The average Bonchev–Trinajstić information content (AvgIpc) is 3.14. The predicted molar refractivity (Wildman–Crippen MR) is 96.3 cm³/mol. The molecule has 8 nitrogen and oxygen atoms in total. The lowest BCUT2D eigenvalue weighted by Crippen LogP contribution is -2.40. The van der Waals surface area contributed by atoms with Crippen molar-refractivity contribution in [2.75, 3.05) is 13.7 Å². The van der Waals surface area contributed by atoms with Crippen LogP contribution in [-0.2, 0) is 19.7 Å². The number of amides is 1. The molecule has 0 radical (unpaired) electrons. The molecule has 0 atom stereocenters. The number of nitrogens with zero attached hydrogens (tertiary/aromatic N) is 5. The third-order valence-corrected chi connectivity index (χ3v) is 4.28. The zero-order valence-electron chi connectivity index (χ0n) is 14.9. The minimum absolute atomic E-state index is 0.0720. The van der Waals surface area contributed by atoms with Gasteiger partial charge in [-0.05, 0) is 24.3 Å². The summed E-state index contributed by atoms with van der Waals surface area (Å²) in [4.78, 5) is 22.8. The van der Waals surface area contributed by atoms with Gasteiger partial charge < -0.3 is 14.4 Å². The molecule has 27 heavy (non-hydrogen) atoms. The summed E-state index contributed by atoms with van der Waals surface area (Å²) >= 11 is 0. The Morgan fingerprint density at radius 1 is 1.11 bits per heavy atom. The number of fused-ring (bicyclic) bond motifs is 1. The molecule has 1 aromatic carbocycles. The Labute approximate surface area is 156 Å². The van der Waals surface area contributed by atoms with Crippen LogP contribution in [-0.4, -0.2) is 44.2 Å². The minimum atomic E-state index is -0.0720. The maximum absolute atomic E-state index is 12.8. The van der Waals surface area contributed by atoms with Gasteiger partial charge in [0.1, 0.15) is 23.7 Å². The van der Waals surface area contributed by atoms with Gasteiger partial charge >= 0.3 is 6.01 Å². The summed E-state index contributed by atoms with van der Waals surface area (Å²) < 4.78 is 12.5. The highest BCUT2D eigenvalue weighted by molar-refractivity contribution is 5.93. The van der Waals surface area contributed by atoms with Crippen LogP contribution in [0.1, 0.15) is 21.9 Å². The lowest BCUT2D eigenvalue weighted by Gasteiger charge is -2.27. The zero-order valence-corrected chi connectivity index (χ0v) is 14.9. The van der Waals surface area contributed by atoms with E-state index in [0.717, 1.165) is 17.1 Å². The van der Waals surface area contributed by atoms with E-state index in [9.17, 15) is 4.79 Å². The number of ether oxygens (including phenoxy) is 2. The Hall–Kier alpha value is -3.42. The number of hydrogen-bond donors (Lipinski definition) is 0. The topological polar surface area (TPSA) is 82.4 Å². The van der Waals surface area contributed by atoms with Crippen molar-refractivity contribution in [1.29, 1.82) is 0 Å². The van der Waals surface area contributed by atoms with Gasteiger partial charge in [-0.2, -0.15) is 10.1 Å². The molecule has 0 aliphatic carbocycles. The number of aromatic nitrogens is 4. The second-order valence-corrected chi connectivity index (χ2v) is 6.11. The first kappa shape index (κ1) is 17.0. The van der Waals surface area contributed by atoms with Gasteiger partial charge in [-0.3, -0.25) is 9.48 Å². The van der Waals surface area contributed by atoms with Crippen LogP contribution >= 0.6 is 0 Å². The molecular weight excluding hydrogens is 346 g/mol. The molecule has 0 spiro atoms. The fourth-order valence-electron chi connectivity index (χ4n) is 2.95. The number of methoxy groups -OCH3 is 1. The summed E-state index contributed by atoms with van der Waals surface area (Å²) in [5, 5.41) is 4.48. The normalized spacial score (nSPS) is 13.4. The van der Waals surface area contributed by atoms with Gasteiger partial charge in [0, 0.05) is 12.7 Å². The molecule has 0 fully saturated rings. The maximum Gasteiger partial charge on any atom is 0.316 e. The summed E-state index contributed by atoms with van der Waals surface area (Å²) in [7, 11) is 1.52. The van der Waals surface area contributed by atoms with Crippen molar-refractivity contribution in [3.05, 3.63) is 65.7 Å². The van der Waals surface area contributed by atoms with Crippen LogP contribution in [0.15, 0.2) is 48.7 Å². The molecule has 0 bridgehead atoms. The molecule has 0 N–H and O–H groups in total. The van der Waals surface area contributed by atoms with Crippen molar-refractivity contribution < 1.29 is 14.3 Å². The largest absolute Gasteiger partial charge is 0.487 e. The fourth-order valence-corrected chi connectivity index (χ4v) is 2.95. The number of carbonyl (C=O) groups is 1. The lowest BCUT2D eigenvalue weighted by atomic mass is 10.2. The molecule has 4 rings (SSSR count). The van der Waals surface area contributed by atoms with Crippen LogP contribution in [0.4, 0.5) is 0 Å². The van der Waals surface area contributed by atoms with E-state index in [1.807, 2.05) is 30.3 Å². The monoisotopic (exact) mass is 365 g/mol. The number of hydrogen-bond acceptors (Lipinski definition) is 6. The van der Waals surface area contributed by atoms with E-state index in [-0.39, 0.29) is 5.91 Å². The van der Waals surface area contributed by atoms with E-state index in [1.165, 1.54) is 7.11 Å². The maximum atomic E-state index is 12.8. The van der Waals surface area contributed by atoms with Crippen molar-refractivity contribution in [2.45, 2.75) is 19.7 Å². The molecule has 8 heteroatoms. The fraction of sp³-hybridized carbons (Fsp3) is 0.263. The number of carbonyl (C=O) groups excluding carboxylic acids is 1. The van der Waals surface area contributed by atoms with E-state index < -0.39 is 0 Å². The van der Waals surface area contributed by atoms with Crippen LogP contribution < -0.4 is 9.47 Å². The minimum Gasteiger partial charge on any atom is -0.487 e. The van der Waals surface area contributed by atoms with Gasteiger partial charge in [-0.15, -0.1) is 0 Å². The second-order valence-electron chi connectivity index (χ2n) is 6.11. The molecule has 1 aliphatic rings. The van der Waals surface area contributed by atoms with Gasteiger partial charge in [0.05, 0.1) is 25.9 Å². The second kappa shape index (κ2) is 7.45. The Bertz CT molecular complexity index is 942. The molecule has 138 valence electrons. The quantitative estimate of drug-likeness (QED) is 0.664. The van der Waals surface area contributed by atoms with E-state index in [2.05, 4.69) is 15.1 Å². The Morgan fingerprint density at radius 3 is 2.78 bits per heavy atom. The highest BCUT2D eigenvalue weighted by atomic mass is 16.5. The lowest BCUT2D eigenvalue weighted by molar-refractivity contribution is 0.0680.